The molecule has 0 radical (unpaired) electrons. The molecule has 0 unspecified atom stereocenters. The van der Waals surface area contributed by atoms with Crippen LogP contribution < -0.4 is 9.47 Å². The van der Waals surface area contributed by atoms with Gasteiger partial charge in [-0.1, -0.05) is 47.6 Å². The topological polar surface area (TPSA) is 78.6 Å². The molecule has 0 saturated heterocycles. The third kappa shape index (κ3) is 3.51. The molecule has 0 fully saturated rings. The van der Waals surface area contributed by atoms with Crippen molar-refractivity contribution in [2.75, 3.05) is 6.79 Å². The van der Waals surface area contributed by atoms with Crippen molar-refractivity contribution in [1.29, 1.82) is 0 Å². The van der Waals surface area contributed by atoms with Crippen molar-refractivity contribution in [3.8, 4) is 33.8 Å². The van der Waals surface area contributed by atoms with Crippen LogP contribution >= 0.6 is 15.9 Å². The van der Waals surface area contributed by atoms with Crippen molar-refractivity contribution in [2.24, 2.45) is 0 Å². The first-order valence-electron chi connectivity index (χ1n) is 9.41. The second kappa shape index (κ2) is 7.55. The lowest BCUT2D eigenvalue weighted by molar-refractivity contribution is 0.174. The SMILES string of the molecule is Cc1noc(S(=O)(=O)c2ccc(-c3ccc(-c4ccc5c(c4)OCO5)cc3)cc2)c1Br. The Labute approximate surface area is 187 Å². The van der Waals surface area contributed by atoms with E-state index < -0.39 is 9.84 Å². The van der Waals surface area contributed by atoms with E-state index in [9.17, 15) is 8.42 Å². The number of hydrogen-bond donors (Lipinski definition) is 0. The normalized spacial score (nSPS) is 12.8. The Bertz CT molecular complexity index is 1380. The molecule has 0 N–H and O–H groups in total. The van der Waals surface area contributed by atoms with E-state index in [2.05, 4.69) is 21.1 Å². The van der Waals surface area contributed by atoms with E-state index >= 15 is 0 Å². The van der Waals surface area contributed by atoms with Crippen molar-refractivity contribution in [2.45, 2.75) is 16.9 Å². The zero-order valence-electron chi connectivity index (χ0n) is 16.3. The summed E-state index contributed by atoms with van der Waals surface area (Å²) in [5.41, 5.74) is 4.45. The van der Waals surface area contributed by atoms with E-state index in [0.717, 1.165) is 33.8 Å². The summed E-state index contributed by atoms with van der Waals surface area (Å²) in [6.07, 6.45) is 0. The molecule has 0 amide bonds. The van der Waals surface area contributed by atoms with Crippen molar-refractivity contribution in [3.63, 3.8) is 0 Å². The number of ether oxygens (including phenoxy) is 2. The molecule has 0 aliphatic carbocycles. The first-order chi connectivity index (χ1) is 14.9. The zero-order valence-corrected chi connectivity index (χ0v) is 18.7. The first kappa shape index (κ1) is 19.8. The molecule has 1 aromatic heterocycles. The summed E-state index contributed by atoms with van der Waals surface area (Å²) >= 11 is 3.23. The number of nitrogens with zero attached hydrogens (tertiary/aromatic N) is 1. The minimum atomic E-state index is -3.79. The number of rotatable bonds is 4. The monoisotopic (exact) mass is 497 g/mol. The van der Waals surface area contributed by atoms with E-state index in [1.54, 1.807) is 31.2 Å². The Morgan fingerprint density at radius 1 is 0.806 bits per heavy atom. The van der Waals surface area contributed by atoms with Crippen LogP contribution in [0.5, 0.6) is 11.5 Å². The Morgan fingerprint density at radius 2 is 1.35 bits per heavy atom. The Hall–Kier alpha value is -3.10. The molecule has 31 heavy (non-hydrogen) atoms. The number of aryl methyl sites for hydroxylation is 1. The smallest absolute Gasteiger partial charge is 0.269 e. The summed E-state index contributed by atoms with van der Waals surface area (Å²) in [4.78, 5) is 0.144. The molecule has 3 aromatic carbocycles. The second-order valence-electron chi connectivity index (χ2n) is 7.04. The quantitative estimate of drug-likeness (QED) is 0.362. The summed E-state index contributed by atoms with van der Waals surface area (Å²) in [7, 11) is -3.79. The third-order valence-electron chi connectivity index (χ3n) is 5.10. The molecule has 6 nitrogen and oxygen atoms in total. The van der Waals surface area contributed by atoms with Crippen LogP contribution in [0.3, 0.4) is 0 Å². The van der Waals surface area contributed by atoms with Crippen molar-refractivity contribution < 1.29 is 22.4 Å². The van der Waals surface area contributed by atoms with Gasteiger partial charge < -0.3 is 14.0 Å². The lowest BCUT2D eigenvalue weighted by Crippen LogP contribution is -2.01. The molecule has 2 heterocycles. The third-order valence-corrected chi connectivity index (χ3v) is 7.95. The van der Waals surface area contributed by atoms with Gasteiger partial charge in [-0.05, 0) is 69.4 Å². The largest absolute Gasteiger partial charge is 0.454 e. The first-order valence-corrected chi connectivity index (χ1v) is 11.7. The van der Waals surface area contributed by atoms with Gasteiger partial charge in [0.2, 0.25) is 16.6 Å². The second-order valence-corrected chi connectivity index (χ2v) is 9.68. The fourth-order valence-electron chi connectivity index (χ4n) is 3.37. The molecule has 0 saturated carbocycles. The average molecular weight is 498 g/mol. The van der Waals surface area contributed by atoms with Crippen LogP contribution in [0.25, 0.3) is 22.3 Å². The van der Waals surface area contributed by atoms with Gasteiger partial charge in [-0.3, -0.25) is 0 Å². The molecule has 1 aliphatic heterocycles. The number of halogens is 1. The molecule has 8 heteroatoms. The average Bonchev–Trinajstić information content (AvgIpc) is 3.40. The zero-order chi connectivity index (χ0) is 21.6. The summed E-state index contributed by atoms with van der Waals surface area (Å²) < 4.78 is 41.8. The van der Waals surface area contributed by atoms with Crippen LogP contribution in [0.2, 0.25) is 0 Å². The number of fused-ring (bicyclic) bond motifs is 1. The van der Waals surface area contributed by atoms with Crippen LogP contribution in [-0.4, -0.2) is 20.4 Å². The van der Waals surface area contributed by atoms with Gasteiger partial charge in [0, 0.05) is 0 Å². The van der Waals surface area contributed by atoms with Crippen LogP contribution in [-0.2, 0) is 9.84 Å². The Morgan fingerprint density at radius 3 is 1.97 bits per heavy atom. The summed E-state index contributed by atoms with van der Waals surface area (Å²) in [5, 5.41) is 3.52. The van der Waals surface area contributed by atoms with Crippen molar-refractivity contribution in [3.05, 3.63) is 76.9 Å². The van der Waals surface area contributed by atoms with Gasteiger partial charge in [0.1, 0.15) is 0 Å². The van der Waals surface area contributed by atoms with Gasteiger partial charge in [-0.15, -0.1) is 0 Å². The highest BCUT2D eigenvalue weighted by atomic mass is 79.9. The van der Waals surface area contributed by atoms with E-state index in [-0.39, 0.29) is 16.8 Å². The Kier molecular flexibility index (Phi) is 4.83. The van der Waals surface area contributed by atoms with E-state index in [0.29, 0.717) is 10.2 Å². The molecule has 0 atom stereocenters. The predicted octanol–water partition coefficient (Wildman–Crippen LogP) is 5.64. The maximum atomic E-state index is 12.8. The molecule has 1 aliphatic rings. The van der Waals surface area contributed by atoms with Crippen LogP contribution in [0.1, 0.15) is 5.69 Å². The van der Waals surface area contributed by atoms with E-state index in [1.165, 1.54) is 0 Å². The standard InChI is InChI=1S/C23H16BrNO5S/c1-14-22(24)23(30-25-14)31(26,27)19-9-6-16(7-10-19)15-2-4-17(5-3-15)18-8-11-20-21(12-18)29-13-28-20/h2-12H,13H2,1H3. The predicted molar refractivity (Wildman–Crippen MR) is 118 cm³/mol. The highest BCUT2D eigenvalue weighted by molar-refractivity contribution is 9.10. The van der Waals surface area contributed by atoms with E-state index in [4.69, 9.17) is 14.0 Å². The molecule has 4 aromatic rings. The van der Waals surface area contributed by atoms with Crippen molar-refractivity contribution >= 4 is 25.8 Å². The number of benzene rings is 3. The number of hydrogen-bond acceptors (Lipinski definition) is 6. The Balaban J connectivity index is 1.41. The fourth-order valence-corrected chi connectivity index (χ4v) is 5.38. The molecular formula is C23H16BrNO5S. The fraction of sp³-hybridized carbons (Fsp3) is 0.0870. The van der Waals surface area contributed by atoms with Gasteiger partial charge in [-0.2, -0.15) is 0 Å². The molecule has 156 valence electrons. The van der Waals surface area contributed by atoms with Gasteiger partial charge in [0.15, 0.2) is 11.5 Å². The molecule has 0 bridgehead atoms. The van der Waals surface area contributed by atoms with Gasteiger partial charge >= 0.3 is 0 Å². The van der Waals surface area contributed by atoms with Crippen LogP contribution in [0, 0.1) is 6.92 Å². The van der Waals surface area contributed by atoms with Crippen molar-refractivity contribution in [1.82, 2.24) is 5.16 Å². The highest BCUT2D eigenvalue weighted by Crippen LogP contribution is 2.36. The number of aromatic nitrogens is 1. The summed E-state index contributed by atoms with van der Waals surface area (Å²) in [6, 6.07) is 20.6. The highest BCUT2D eigenvalue weighted by Gasteiger charge is 2.27. The van der Waals surface area contributed by atoms with Gasteiger partial charge in [0.25, 0.3) is 5.09 Å². The van der Waals surface area contributed by atoms with Crippen LogP contribution in [0.15, 0.2) is 85.7 Å². The summed E-state index contributed by atoms with van der Waals surface area (Å²) in [5.74, 6) is 1.50. The molecule has 5 rings (SSSR count). The number of sulfone groups is 1. The molecular weight excluding hydrogens is 482 g/mol. The lowest BCUT2D eigenvalue weighted by atomic mass is 10.00. The lowest BCUT2D eigenvalue weighted by Gasteiger charge is -2.07. The maximum absolute atomic E-state index is 12.8. The van der Waals surface area contributed by atoms with Gasteiger partial charge in [0.05, 0.1) is 15.1 Å². The van der Waals surface area contributed by atoms with Crippen LogP contribution in [0.4, 0.5) is 0 Å². The molecule has 0 spiro atoms. The maximum Gasteiger partial charge on any atom is 0.269 e. The minimum Gasteiger partial charge on any atom is -0.454 e. The summed E-state index contributed by atoms with van der Waals surface area (Å²) in [6.45, 7) is 1.92. The van der Waals surface area contributed by atoms with Gasteiger partial charge in [-0.25, -0.2) is 8.42 Å². The van der Waals surface area contributed by atoms with E-state index in [1.807, 2.05) is 42.5 Å². The minimum absolute atomic E-state index is 0.144.